The minimum Gasteiger partial charge on any atom is -0.373 e. The molecule has 0 bridgehead atoms. The number of halogens is 2. The number of pyridine rings is 2. The molecule has 36 heavy (non-hydrogen) atoms. The summed E-state index contributed by atoms with van der Waals surface area (Å²) in [6.45, 7) is 2.74. The van der Waals surface area contributed by atoms with E-state index >= 15 is 0 Å². The van der Waals surface area contributed by atoms with Gasteiger partial charge in [0.15, 0.2) is 0 Å². The fraction of sp³-hybridized carbons (Fsp3) is 0.231. The third-order valence-corrected chi connectivity index (χ3v) is 5.63. The molecule has 3 N–H and O–H groups in total. The van der Waals surface area contributed by atoms with E-state index in [-0.39, 0.29) is 18.3 Å². The van der Waals surface area contributed by atoms with E-state index in [1.807, 2.05) is 25.1 Å². The molecule has 186 valence electrons. The fourth-order valence-corrected chi connectivity index (χ4v) is 3.69. The molecule has 0 radical (unpaired) electrons. The Morgan fingerprint density at radius 1 is 1.03 bits per heavy atom. The maximum atomic E-state index is 13.4. The van der Waals surface area contributed by atoms with Crippen LogP contribution in [0.15, 0.2) is 67.0 Å². The first-order valence-electron chi connectivity index (χ1n) is 11.6. The molecule has 0 saturated carbocycles. The van der Waals surface area contributed by atoms with Crippen molar-refractivity contribution in [2.45, 2.75) is 32.5 Å². The van der Waals surface area contributed by atoms with Crippen molar-refractivity contribution >= 4 is 17.5 Å². The Hall–Kier alpha value is -4.18. The first kappa shape index (κ1) is 24.9. The number of carbonyl (C=O) groups is 1. The van der Waals surface area contributed by atoms with E-state index in [1.54, 1.807) is 36.1 Å². The van der Waals surface area contributed by atoms with Crippen LogP contribution in [0.3, 0.4) is 0 Å². The molecule has 3 aromatic heterocycles. The third-order valence-electron chi connectivity index (χ3n) is 5.63. The molecule has 1 unspecified atom stereocenters. The second-order valence-corrected chi connectivity index (χ2v) is 8.13. The van der Waals surface area contributed by atoms with Crippen molar-refractivity contribution in [2.75, 3.05) is 17.7 Å². The highest BCUT2D eigenvalue weighted by Gasteiger charge is 2.21. The monoisotopic (exact) mass is 491 g/mol. The van der Waals surface area contributed by atoms with Gasteiger partial charge in [0.25, 0.3) is 0 Å². The maximum absolute atomic E-state index is 13.4. The summed E-state index contributed by atoms with van der Waals surface area (Å²) in [6, 6.07) is 13.8. The Morgan fingerprint density at radius 3 is 2.50 bits per heavy atom. The maximum Gasteiger partial charge on any atom is 0.243 e. The van der Waals surface area contributed by atoms with Crippen LogP contribution in [-0.2, 0) is 24.3 Å². The highest BCUT2D eigenvalue weighted by Crippen LogP contribution is 2.24. The standard InChI is InChI=1S/C26H27F2N7O/c1-3-35-25(14-22(34-35)18-10-11-30-24(13-18)29-2)33-26(36)23(12-17-4-6-19(27)7-5-17)32-16-21-9-8-20(28)15-31-21/h4-11,13-15,23,32H,3,12,16H2,1-2H3,(H,29,30)(H,33,36). The van der Waals surface area contributed by atoms with E-state index < -0.39 is 11.9 Å². The molecule has 10 heteroatoms. The number of nitrogens with one attached hydrogen (secondary N) is 3. The summed E-state index contributed by atoms with van der Waals surface area (Å²) in [4.78, 5) is 21.7. The molecule has 0 aliphatic rings. The molecule has 4 aromatic rings. The van der Waals surface area contributed by atoms with Crippen LogP contribution in [0.5, 0.6) is 0 Å². The average molecular weight is 492 g/mol. The molecule has 0 spiro atoms. The van der Waals surface area contributed by atoms with Gasteiger partial charge in [0.05, 0.1) is 23.6 Å². The molecular weight excluding hydrogens is 464 g/mol. The number of rotatable bonds is 10. The predicted octanol–water partition coefficient (Wildman–Crippen LogP) is 4.02. The lowest BCUT2D eigenvalue weighted by Gasteiger charge is -2.19. The van der Waals surface area contributed by atoms with Crippen LogP contribution in [0.25, 0.3) is 11.3 Å². The summed E-state index contributed by atoms with van der Waals surface area (Å²) >= 11 is 0. The number of carbonyl (C=O) groups excluding carboxylic acids is 1. The van der Waals surface area contributed by atoms with Crippen LogP contribution in [0, 0.1) is 11.6 Å². The number of aromatic nitrogens is 4. The zero-order valence-electron chi connectivity index (χ0n) is 20.0. The summed E-state index contributed by atoms with van der Waals surface area (Å²) in [5, 5.41) is 13.8. The minimum absolute atomic E-state index is 0.252. The highest BCUT2D eigenvalue weighted by molar-refractivity contribution is 5.94. The topological polar surface area (TPSA) is 96.8 Å². The van der Waals surface area contributed by atoms with Crippen LogP contribution >= 0.6 is 0 Å². The van der Waals surface area contributed by atoms with Gasteiger partial charge >= 0.3 is 0 Å². The lowest BCUT2D eigenvalue weighted by Crippen LogP contribution is -2.42. The summed E-state index contributed by atoms with van der Waals surface area (Å²) in [5.74, 6) is 0.195. The minimum atomic E-state index is -0.664. The molecule has 0 aliphatic carbocycles. The van der Waals surface area contributed by atoms with Gasteiger partial charge in [-0.15, -0.1) is 0 Å². The van der Waals surface area contributed by atoms with Crippen molar-refractivity contribution in [3.63, 3.8) is 0 Å². The van der Waals surface area contributed by atoms with Gasteiger partial charge in [-0.25, -0.2) is 18.4 Å². The van der Waals surface area contributed by atoms with E-state index in [4.69, 9.17) is 0 Å². The van der Waals surface area contributed by atoms with E-state index in [2.05, 4.69) is 31.0 Å². The molecule has 0 fully saturated rings. The van der Waals surface area contributed by atoms with Crippen LogP contribution in [-0.4, -0.2) is 38.7 Å². The van der Waals surface area contributed by atoms with E-state index in [0.717, 1.165) is 17.3 Å². The summed E-state index contributed by atoms with van der Waals surface area (Å²) in [5.41, 5.74) is 2.94. The molecule has 3 heterocycles. The number of aryl methyl sites for hydroxylation is 1. The van der Waals surface area contributed by atoms with Crippen molar-refractivity contribution in [3.05, 3.63) is 89.9 Å². The molecule has 1 aromatic carbocycles. The SMILES string of the molecule is CCn1nc(-c2ccnc(NC)c2)cc1NC(=O)C(Cc1ccc(F)cc1)NCc1ccc(F)cn1. The first-order chi connectivity index (χ1) is 17.4. The predicted molar refractivity (Wildman–Crippen MR) is 134 cm³/mol. The number of hydrogen-bond acceptors (Lipinski definition) is 6. The van der Waals surface area contributed by atoms with Crippen molar-refractivity contribution in [1.29, 1.82) is 0 Å². The highest BCUT2D eigenvalue weighted by atomic mass is 19.1. The van der Waals surface area contributed by atoms with Crippen LogP contribution in [0.4, 0.5) is 20.4 Å². The summed E-state index contributed by atoms with van der Waals surface area (Å²) < 4.78 is 28.3. The number of nitrogens with zero attached hydrogens (tertiary/aromatic N) is 4. The number of benzene rings is 1. The number of amides is 1. The van der Waals surface area contributed by atoms with Gasteiger partial charge in [0, 0.05) is 38.0 Å². The third kappa shape index (κ3) is 6.28. The van der Waals surface area contributed by atoms with E-state index in [9.17, 15) is 13.6 Å². The Bertz CT molecular complexity index is 1310. The molecular formula is C26H27F2N7O. The van der Waals surface area contributed by atoms with Crippen LogP contribution < -0.4 is 16.0 Å². The van der Waals surface area contributed by atoms with Crippen molar-refractivity contribution < 1.29 is 13.6 Å². The normalized spacial score (nSPS) is 11.8. The van der Waals surface area contributed by atoms with Gasteiger partial charge in [-0.3, -0.25) is 15.1 Å². The van der Waals surface area contributed by atoms with E-state index in [0.29, 0.717) is 36.0 Å². The number of anilines is 2. The second-order valence-electron chi connectivity index (χ2n) is 8.13. The van der Waals surface area contributed by atoms with Gasteiger partial charge in [0.1, 0.15) is 23.3 Å². The lowest BCUT2D eigenvalue weighted by atomic mass is 10.0. The van der Waals surface area contributed by atoms with Gasteiger partial charge < -0.3 is 10.6 Å². The van der Waals surface area contributed by atoms with Gasteiger partial charge in [-0.2, -0.15) is 5.10 Å². The van der Waals surface area contributed by atoms with Gasteiger partial charge in [-0.05, 0) is 55.3 Å². The molecule has 0 aliphatic heterocycles. The van der Waals surface area contributed by atoms with Crippen molar-refractivity contribution in [2.24, 2.45) is 0 Å². The number of hydrogen-bond donors (Lipinski definition) is 3. The molecule has 1 atom stereocenters. The Labute approximate surface area is 207 Å². The molecule has 0 saturated heterocycles. The smallest absolute Gasteiger partial charge is 0.243 e. The quantitative estimate of drug-likeness (QED) is 0.310. The van der Waals surface area contributed by atoms with Gasteiger partial charge in [0.2, 0.25) is 5.91 Å². The molecule has 1 amide bonds. The summed E-state index contributed by atoms with van der Waals surface area (Å²) in [7, 11) is 1.79. The van der Waals surface area contributed by atoms with Crippen LogP contribution in [0.1, 0.15) is 18.2 Å². The van der Waals surface area contributed by atoms with Crippen molar-refractivity contribution in [3.8, 4) is 11.3 Å². The van der Waals surface area contributed by atoms with Crippen LogP contribution in [0.2, 0.25) is 0 Å². The average Bonchev–Trinajstić information content (AvgIpc) is 3.31. The Balaban J connectivity index is 1.54. The Kier molecular flexibility index (Phi) is 7.96. The van der Waals surface area contributed by atoms with E-state index in [1.165, 1.54) is 18.2 Å². The molecule has 8 nitrogen and oxygen atoms in total. The van der Waals surface area contributed by atoms with Gasteiger partial charge in [-0.1, -0.05) is 12.1 Å². The van der Waals surface area contributed by atoms with Crippen molar-refractivity contribution in [1.82, 2.24) is 25.1 Å². The first-order valence-corrected chi connectivity index (χ1v) is 11.6. The molecule has 4 rings (SSSR count). The fourth-order valence-electron chi connectivity index (χ4n) is 3.69. The zero-order chi connectivity index (χ0) is 25.5. The second kappa shape index (κ2) is 11.5. The zero-order valence-corrected chi connectivity index (χ0v) is 20.0. The largest absolute Gasteiger partial charge is 0.373 e. The summed E-state index contributed by atoms with van der Waals surface area (Å²) in [6.07, 6.45) is 3.14. The lowest BCUT2D eigenvalue weighted by molar-refractivity contribution is -0.118. The Morgan fingerprint density at radius 2 is 1.81 bits per heavy atom.